The molecule has 0 saturated carbocycles. The number of aromatic amines is 1. The SMILES string of the molecule is Cc1cc(C)c(C=CCNC(=O)OCC2c3ccccc3-c3ccccc32)[nH]1. The molecule has 0 atom stereocenters. The number of hydrogen-bond acceptors (Lipinski definition) is 2. The highest BCUT2D eigenvalue weighted by Gasteiger charge is 2.28. The van der Waals surface area contributed by atoms with E-state index in [1.54, 1.807) is 0 Å². The first-order chi connectivity index (χ1) is 13.6. The van der Waals surface area contributed by atoms with Gasteiger partial charge in [-0.25, -0.2) is 4.79 Å². The van der Waals surface area contributed by atoms with E-state index in [9.17, 15) is 4.79 Å². The summed E-state index contributed by atoms with van der Waals surface area (Å²) in [5, 5.41) is 2.79. The molecule has 4 nitrogen and oxygen atoms in total. The van der Waals surface area contributed by atoms with Gasteiger partial charge < -0.3 is 15.0 Å². The van der Waals surface area contributed by atoms with Crippen LogP contribution in [0.1, 0.15) is 34.0 Å². The molecular weight excluding hydrogens is 348 g/mol. The first-order valence-corrected chi connectivity index (χ1v) is 9.55. The summed E-state index contributed by atoms with van der Waals surface area (Å²) in [6.45, 7) is 4.84. The van der Waals surface area contributed by atoms with Crippen molar-refractivity contribution in [3.63, 3.8) is 0 Å². The molecule has 0 radical (unpaired) electrons. The van der Waals surface area contributed by atoms with Gasteiger partial charge in [0.1, 0.15) is 6.61 Å². The molecule has 1 aliphatic carbocycles. The predicted octanol–water partition coefficient (Wildman–Crippen LogP) is 5.18. The number of hydrogen-bond donors (Lipinski definition) is 2. The van der Waals surface area contributed by atoms with Crippen LogP contribution in [0, 0.1) is 13.8 Å². The number of aryl methyl sites for hydroxylation is 2. The third-order valence-electron chi connectivity index (χ3n) is 5.18. The van der Waals surface area contributed by atoms with Crippen molar-refractivity contribution < 1.29 is 9.53 Å². The number of amides is 1. The monoisotopic (exact) mass is 372 g/mol. The number of fused-ring (bicyclic) bond motifs is 3. The lowest BCUT2D eigenvalue weighted by Gasteiger charge is -2.14. The second kappa shape index (κ2) is 7.77. The first-order valence-electron chi connectivity index (χ1n) is 9.55. The minimum absolute atomic E-state index is 0.0817. The van der Waals surface area contributed by atoms with E-state index in [1.165, 1.54) is 27.8 Å². The Morgan fingerprint density at radius 1 is 1.07 bits per heavy atom. The summed E-state index contributed by atoms with van der Waals surface area (Å²) in [6, 6.07) is 18.7. The van der Waals surface area contributed by atoms with Gasteiger partial charge in [0.15, 0.2) is 0 Å². The lowest BCUT2D eigenvalue weighted by molar-refractivity contribution is 0.144. The first kappa shape index (κ1) is 18.1. The standard InChI is InChI=1S/C24H24N2O2/c1-16-14-17(2)26-23(16)12-7-13-25-24(27)28-15-22-20-10-5-3-8-18(20)19-9-4-6-11-21(19)22/h3-12,14,22,26H,13,15H2,1-2H3,(H,25,27). The molecule has 1 aliphatic rings. The Balaban J connectivity index is 1.34. The van der Waals surface area contributed by atoms with E-state index in [0.29, 0.717) is 13.2 Å². The van der Waals surface area contributed by atoms with Crippen molar-refractivity contribution in [3.05, 3.63) is 88.8 Å². The highest BCUT2D eigenvalue weighted by molar-refractivity contribution is 5.79. The van der Waals surface area contributed by atoms with E-state index in [1.807, 2.05) is 43.3 Å². The minimum atomic E-state index is -0.397. The van der Waals surface area contributed by atoms with Gasteiger partial charge in [0.2, 0.25) is 0 Å². The van der Waals surface area contributed by atoms with Gasteiger partial charge in [0, 0.05) is 23.9 Å². The third kappa shape index (κ3) is 3.58. The molecule has 0 bridgehead atoms. The smallest absolute Gasteiger partial charge is 0.407 e. The van der Waals surface area contributed by atoms with Crippen molar-refractivity contribution in [2.75, 3.05) is 13.2 Å². The van der Waals surface area contributed by atoms with Crippen LogP contribution in [0.3, 0.4) is 0 Å². The van der Waals surface area contributed by atoms with Crippen LogP contribution >= 0.6 is 0 Å². The van der Waals surface area contributed by atoms with Gasteiger partial charge in [0.05, 0.1) is 0 Å². The van der Waals surface area contributed by atoms with E-state index < -0.39 is 6.09 Å². The quantitative estimate of drug-likeness (QED) is 0.648. The van der Waals surface area contributed by atoms with Crippen molar-refractivity contribution in [1.29, 1.82) is 0 Å². The Morgan fingerprint density at radius 2 is 1.71 bits per heavy atom. The van der Waals surface area contributed by atoms with Gasteiger partial charge in [-0.05, 0) is 53.8 Å². The molecular formula is C24H24N2O2. The van der Waals surface area contributed by atoms with Crippen molar-refractivity contribution in [1.82, 2.24) is 10.3 Å². The van der Waals surface area contributed by atoms with Crippen molar-refractivity contribution in [2.45, 2.75) is 19.8 Å². The zero-order valence-corrected chi connectivity index (χ0v) is 16.2. The molecule has 1 amide bonds. The fourth-order valence-electron chi connectivity index (χ4n) is 3.89. The summed E-state index contributed by atoms with van der Waals surface area (Å²) >= 11 is 0. The van der Waals surface area contributed by atoms with E-state index in [0.717, 1.165) is 11.4 Å². The Hall–Kier alpha value is -3.27. The Labute approximate surface area is 165 Å². The van der Waals surface area contributed by atoms with Crippen LogP contribution in [-0.2, 0) is 4.74 Å². The van der Waals surface area contributed by atoms with Crippen molar-refractivity contribution >= 4 is 12.2 Å². The molecule has 0 spiro atoms. The zero-order chi connectivity index (χ0) is 19.5. The normalized spacial score (nSPS) is 12.8. The topological polar surface area (TPSA) is 54.1 Å². The van der Waals surface area contributed by atoms with Crippen LogP contribution in [-0.4, -0.2) is 24.2 Å². The van der Waals surface area contributed by atoms with Crippen molar-refractivity contribution in [2.24, 2.45) is 0 Å². The lowest BCUT2D eigenvalue weighted by atomic mass is 9.98. The number of carbonyl (C=O) groups is 1. The summed E-state index contributed by atoms with van der Waals surface area (Å²) in [7, 11) is 0. The number of ether oxygens (including phenoxy) is 1. The molecule has 1 aromatic heterocycles. The number of carbonyl (C=O) groups excluding carboxylic acids is 1. The van der Waals surface area contributed by atoms with Crippen LogP contribution in [0.25, 0.3) is 17.2 Å². The van der Waals surface area contributed by atoms with Gasteiger partial charge >= 0.3 is 6.09 Å². The van der Waals surface area contributed by atoms with Crippen LogP contribution in [0.15, 0.2) is 60.7 Å². The summed E-state index contributed by atoms with van der Waals surface area (Å²) in [4.78, 5) is 15.4. The van der Waals surface area contributed by atoms with Gasteiger partial charge in [-0.1, -0.05) is 54.6 Å². The van der Waals surface area contributed by atoms with Gasteiger partial charge in [-0.15, -0.1) is 0 Å². The number of benzene rings is 2. The lowest BCUT2D eigenvalue weighted by Crippen LogP contribution is -2.26. The maximum absolute atomic E-state index is 12.1. The molecule has 3 aromatic rings. The molecule has 4 rings (SSSR count). The molecule has 2 aromatic carbocycles. The Bertz CT molecular complexity index is 987. The van der Waals surface area contributed by atoms with Gasteiger partial charge in [0.25, 0.3) is 0 Å². The van der Waals surface area contributed by atoms with Crippen LogP contribution in [0.5, 0.6) is 0 Å². The van der Waals surface area contributed by atoms with Gasteiger partial charge in [-0.2, -0.15) is 0 Å². The number of alkyl carbamates (subject to hydrolysis) is 1. The van der Waals surface area contributed by atoms with E-state index in [4.69, 9.17) is 4.74 Å². The average molecular weight is 372 g/mol. The Kier molecular flexibility index (Phi) is 5.02. The summed E-state index contributed by atoms with van der Waals surface area (Å²) in [5.41, 5.74) is 8.27. The average Bonchev–Trinajstić information content (AvgIpc) is 3.20. The van der Waals surface area contributed by atoms with E-state index in [-0.39, 0.29) is 5.92 Å². The number of rotatable bonds is 5. The highest BCUT2D eigenvalue weighted by Crippen LogP contribution is 2.44. The highest BCUT2D eigenvalue weighted by atomic mass is 16.5. The van der Waals surface area contributed by atoms with E-state index >= 15 is 0 Å². The minimum Gasteiger partial charge on any atom is -0.449 e. The summed E-state index contributed by atoms with van der Waals surface area (Å²) in [6.07, 6.45) is 3.50. The predicted molar refractivity (Wildman–Crippen MR) is 112 cm³/mol. The Morgan fingerprint density at radius 3 is 2.32 bits per heavy atom. The molecule has 28 heavy (non-hydrogen) atoms. The second-order valence-corrected chi connectivity index (χ2v) is 7.16. The number of nitrogens with one attached hydrogen (secondary N) is 2. The van der Waals surface area contributed by atoms with Crippen LogP contribution in [0.2, 0.25) is 0 Å². The zero-order valence-electron chi connectivity index (χ0n) is 16.2. The number of aromatic nitrogens is 1. The van der Waals surface area contributed by atoms with Crippen molar-refractivity contribution in [3.8, 4) is 11.1 Å². The molecule has 0 unspecified atom stereocenters. The molecule has 0 aliphatic heterocycles. The molecule has 0 fully saturated rings. The maximum Gasteiger partial charge on any atom is 0.407 e. The fraction of sp³-hybridized carbons (Fsp3) is 0.208. The summed E-state index contributed by atoms with van der Waals surface area (Å²) < 4.78 is 5.53. The molecule has 142 valence electrons. The molecule has 2 N–H and O–H groups in total. The summed E-state index contributed by atoms with van der Waals surface area (Å²) in [5.74, 6) is 0.0817. The largest absolute Gasteiger partial charge is 0.449 e. The van der Waals surface area contributed by atoms with E-state index in [2.05, 4.69) is 47.6 Å². The second-order valence-electron chi connectivity index (χ2n) is 7.16. The van der Waals surface area contributed by atoms with Crippen LogP contribution < -0.4 is 5.32 Å². The van der Waals surface area contributed by atoms with Gasteiger partial charge in [-0.3, -0.25) is 0 Å². The third-order valence-corrected chi connectivity index (χ3v) is 5.18. The molecule has 1 heterocycles. The maximum atomic E-state index is 12.1. The number of H-pyrrole nitrogens is 1. The molecule has 4 heteroatoms. The van der Waals surface area contributed by atoms with Crippen LogP contribution in [0.4, 0.5) is 4.79 Å². The molecule has 0 saturated heterocycles. The fourth-order valence-corrected chi connectivity index (χ4v) is 3.89.